The van der Waals surface area contributed by atoms with E-state index < -0.39 is 30.1 Å². The van der Waals surface area contributed by atoms with Crippen LogP contribution in [0.5, 0.6) is 5.75 Å². The van der Waals surface area contributed by atoms with Gasteiger partial charge in [-0.05, 0) is 11.6 Å². The third kappa shape index (κ3) is 4.48. The van der Waals surface area contributed by atoms with Gasteiger partial charge in [-0.2, -0.15) is 0 Å². The Morgan fingerprint density at radius 1 is 1.36 bits per heavy atom. The molecule has 0 radical (unpaired) electrons. The summed E-state index contributed by atoms with van der Waals surface area (Å²) in [5, 5.41) is 21.6. The van der Waals surface area contributed by atoms with Crippen LogP contribution in [0.3, 0.4) is 0 Å². The summed E-state index contributed by atoms with van der Waals surface area (Å²) in [7, 11) is 1.48. The summed E-state index contributed by atoms with van der Waals surface area (Å²) < 4.78 is 5.20. The van der Waals surface area contributed by atoms with Crippen molar-refractivity contribution in [2.24, 2.45) is 0 Å². The summed E-state index contributed by atoms with van der Waals surface area (Å²) in [4.78, 5) is 36.9. The quantitative estimate of drug-likeness (QED) is 0.654. The summed E-state index contributed by atoms with van der Waals surface area (Å²) in [6.45, 7) is 1.37. The van der Waals surface area contributed by atoms with E-state index in [1.165, 1.54) is 18.9 Å². The second kappa shape index (κ2) is 7.98. The number of aliphatic hydroxyl groups excluding tert-OH is 1. The van der Waals surface area contributed by atoms with Crippen molar-refractivity contribution in [2.75, 3.05) is 13.7 Å². The lowest BCUT2D eigenvalue weighted by Crippen LogP contribution is -2.51. The van der Waals surface area contributed by atoms with Crippen molar-refractivity contribution in [1.29, 1.82) is 0 Å². The van der Waals surface area contributed by atoms with E-state index in [-0.39, 0.29) is 25.3 Å². The van der Waals surface area contributed by atoms with Gasteiger partial charge in [-0.3, -0.25) is 9.59 Å². The number of nitrogens with one attached hydrogen (secondary N) is 1. The first kappa shape index (κ1) is 18.7. The third-order valence-electron chi connectivity index (χ3n) is 4.22. The summed E-state index contributed by atoms with van der Waals surface area (Å²) in [6, 6.07) is 4.91. The van der Waals surface area contributed by atoms with Crippen LogP contribution in [0.4, 0.5) is 0 Å². The van der Waals surface area contributed by atoms with Crippen molar-refractivity contribution >= 4 is 17.8 Å². The van der Waals surface area contributed by atoms with Gasteiger partial charge >= 0.3 is 5.97 Å². The molecule has 136 valence electrons. The van der Waals surface area contributed by atoms with Gasteiger partial charge in [0.05, 0.1) is 13.2 Å². The number of hydrogen-bond donors (Lipinski definition) is 3. The number of para-hydroxylation sites is 1. The number of aliphatic hydroxyl groups is 1. The van der Waals surface area contributed by atoms with Crippen LogP contribution >= 0.6 is 0 Å². The van der Waals surface area contributed by atoms with Gasteiger partial charge in [0.25, 0.3) is 0 Å². The highest BCUT2D eigenvalue weighted by Crippen LogP contribution is 2.21. The first-order chi connectivity index (χ1) is 11.8. The fourth-order valence-electron chi connectivity index (χ4n) is 2.97. The summed E-state index contributed by atoms with van der Waals surface area (Å²) in [6.07, 6.45) is -0.663. The van der Waals surface area contributed by atoms with Crippen LogP contribution in [-0.2, 0) is 20.8 Å². The maximum absolute atomic E-state index is 12.5. The summed E-state index contributed by atoms with van der Waals surface area (Å²) in [5.41, 5.74) is 0.646. The van der Waals surface area contributed by atoms with E-state index in [9.17, 15) is 24.6 Å². The van der Waals surface area contributed by atoms with Crippen molar-refractivity contribution in [1.82, 2.24) is 10.2 Å². The number of carbonyl (C=O) groups is 3. The molecule has 0 saturated carbocycles. The molecule has 1 aromatic carbocycles. The molecule has 0 unspecified atom stereocenters. The van der Waals surface area contributed by atoms with E-state index in [0.717, 1.165) is 0 Å². The van der Waals surface area contributed by atoms with Gasteiger partial charge in [0, 0.05) is 26.3 Å². The lowest BCUT2D eigenvalue weighted by atomic mass is 10.0. The van der Waals surface area contributed by atoms with Crippen molar-refractivity contribution in [3.8, 4) is 5.75 Å². The molecule has 0 aromatic heterocycles. The second-order valence-corrected chi connectivity index (χ2v) is 5.99. The number of aliphatic carboxylic acids is 1. The molecule has 1 heterocycles. The largest absolute Gasteiger partial charge is 0.496 e. The minimum atomic E-state index is -1.19. The molecule has 2 rings (SSSR count). The summed E-state index contributed by atoms with van der Waals surface area (Å²) in [5.74, 6) is -1.58. The molecule has 8 nitrogen and oxygen atoms in total. The Hall–Kier alpha value is -2.61. The number of nitrogens with zero attached hydrogens (tertiary/aromatic N) is 1. The highest BCUT2D eigenvalue weighted by Gasteiger charge is 2.38. The van der Waals surface area contributed by atoms with Crippen LogP contribution in [0, 0.1) is 0 Å². The number of carboxylic acid groups (broad SMARTS) is 1. The molecule has 25 heavy (non-hydrogen) atoms. The van der Waals surface area contributed by atoms with Gasteiger partial charge in [0.1, 0.15) is 17.8 Å². The number of ether oxygens (including phenoxy) is 1. The molecule has 1 fully saturated rings. The molecule has 1 saturated heterocycles. The van der Waals surface area contributed by atoms with Crippen molar-refractivity contribution < 1.29 is 29.3 Å². The van der Waals surface area contributed by atoms with Gasteiger partial charge in [-0.1, -0.05) is 18.2 Å². The number of amides is 2. The molecular weight excluding hydrogens is 328 g/mol. The van der Waals surface area contributed by atoms with Crippen LogP contribution < -0.4 is 10.1 Å². The second-order valence-electron chi connectivity index (χ2n) is 5.99. The molecule has 1 aromatic rings. The van der Waals surface area contributed by atoms with Gasteiger partial charge in [-0.15, -0.1) is 0 Å². The van der Waals surface area contributed by atoms with E-state index in [0.29, 0.717) is 11.3 Å². The van der Waals surface area contributed by atoms with Crippen molar-refractivity contribution in [3.63, 3.8) is 0 Å². The minimum absolute atomic E-state index is 0.0421. The fraction of sp³-hybridized carbons (Fsp3) is 0.471. The highest BCUT2D eigenvalue weighted by molar-refractivity contribution is 5.90. The molecule has 8 heteroatoms. The molecule has 2 amide bonds. The molecule has 3 N–H and O–H groups in total. The first-order valence-corrected chi connectivity index (χ1v) is 7.93. The number of benzene rings is 1. The lowest BCUT2D eigenvalue weighted by molar-refractivity contribution is -0.143. The predicted octanol–water partition coefficient (Wildman–Crippen LogP) is -0.211. The van der Waals surface area contributed by atoms with E-state index in [1.807, 2.05) is 0 Å². The van der Waals surface area contributed by atoms with Gasteiger partial charge in [0.15, 0.2) is 0 Å². The zero-order chi connectivity index (χ0) is 18.6. The Balaban J connectivity index is 2.12. The topological polar surface area (TPSA) is 116 Å². The molecule has 0 aliphatic carbocycles. The first-order valence-electron chi connectivity index (χ1n) is 7.93. The van der Waals surface area contributed by atoms with E-state index in [2.05, 4.69) is 5.32 Å². The number of carboxylic acids is 1. The maximum atomic E-state index is 12.5. The number of likely N-dealkylation sites (tertiary alicyclic amines) is 1. The van der Waals surface area contributed by atoms with Crippen molar-refractivity contribution in [3.05, 3.63) is 29.8 Å². The smallest absolute Gasteiger partial charge is 0.326 e. The maximum Gasteiger partial charge on any atom is 0.326 e. The third-order valence-corrected chi connectivity index (χ3v) is 4.22. The Kier molecular flexibility index (Phi) is 5.97. The van der Waals surface area contributed by atoms with Gasteiger partial charge in [0.2, 0.25) is 11.8 Å². The molecule has 0 spiro atoms. The van der Waals surface area contributed by atoms with Gasteiger partial charge in [-0.25, -0.2) is 4.79 Å². The standard InChI is InChI=1S/C17H22N2O6/c1-10(20)19-9-12(21)8-14(19)16(22)18-13(17(23)24)7-11-5-3-4-6-15(11)25-2/h3-6,12-14,21H,7-9H2,1-2H3,(H,18,22)(H,23,24)/t12-,13+,14+/m1/s1. The number of methoxy groups -OCH3 is 1. The van der Waals surface area contributed by atoms with E-state index in [1.54, 1.807) is 24.3 Å². The average molecular weight is 350 g/mol. The number of β-amino-alcohol motifs (C(OH)–C–C–N with tert-alkyl or cyclic N) is 1. The Morgan fingerprint density at radius 3 is 2.64 bits per heavy atom. The number of hydrogen-bond acceptors (Lipinski definition) is 5. The SMILES string of the molecule is COc1ccccc1C[C@H](NC(=O)[C@@H]1C[C@@H](O)CN1C(C)=O)C(=O)O. The predicted molar refractivity (Wildman–Crippen MR) is 88.1 cm³/mol. The fourth-order valence-corrected chi connectivity index (χ4v) is 2.97. The Labute approximate surface area is 145 Å². The number of carbonyl (C=O) groups excluding carboxylic acids is 2. The van der Waals surface area contributed by atoms with E-state index in [4.69, 9.17) is 4.74 Å². The summed E-state index contributed by atoms with van der Waals surface area (Å²) >= 11 is 0. The van der Waals surface area contributed by atoms with Crippen molar-refractivity contribution in [2.45, 2.75) is 38.0 Å². The molecule has 3 atom stereocenters. The van der Waals surface area contributed by atoms with Gasteiger partial charge < -0.3 is 25.2 Å². The zero-order valence-corrected chi connectivity index (χ0v) is 14.1. The highest BCUT2D eigenvalue weighted by atomic mass is 16.5. The Bertz CT molecular complexity index is 662. The van der Waals surface area contributed by atoms with Crippen LogP contribution in [0.15, 0.2) is 24.3 Å². The van der Waals surface area contributed by atoms with E-state index >= 15 is 0 Å². The molecule has 0 bridgehead atoms. The normalized spacial score (nSPS) is 20.8. The van der Waals surface area contributed by atoms with Crippen LogP contribution in [0.2, 0.25) is 0 Å². The zero-order valence-electron chi connectivity index (χ0n) is 14.1. The molecule has 1 aliphatic rings. The van der Waals surface area contributed by atoms with Crippen LogP contribution in [-0.4, -0.2) is 64.7 Å². The monoisotopic (exact) mass is 350 g/mol. The van der Waals surface area contributed by atoms with Crippen LogP contribution in [0.1, 0.15) is 18.9 Å². The van der Waals surface area contributed by atoms with Crippen LogP contribution in [0.25, 0.3) is 0 Å². The number of rotatable bonds is 6. The molecule has 1 aliphatic heterocycles. The molecular formula is C17H22N2O6. The minimum Gasteiger partial charge on any atom is -0.496 e. The lowest BCUT2D eigenvalue weighted by Gasteiger charge is -2.24. The Morgan fingerprint density at radius 2 is 2.04 bits per heavy atom. The average Bonchev–Trinajstić information content (AvgIpc) is 2.97.